The number of rotatable bonds is 1. The molecule has 1 fully saturated rings. The molecule has 0 bridgehead atoms. The highest BCUT2D eigenvalue weighted by molar-refractivity contribution is 14.1. The highest BCUT2D eigenvalue weighted by Gasteiger charge is 2.23. The minimum atomic E-state index is -0.122. The van der Waals surface area contributed by atoms with Gasteiger partial charge in [-0.15, -0.1) is 0 Å². The normalized spacial score (nSPS) is 20.6. The van der Waals surface area contributed by atoms with Crippen LogP contribution in [-0.4, -0.2) is 41.7 Å². The molecule has 2 rings (SSSR count). The van der Waals surface area contributed by atoms with Crippen LogP contribution in [0.5, 0.6) is 5.75 Å². The molecule has 1 atom stereocenters. The molecule has 1 aromatic rings. The lowest BCUT2D eigenvalue weighted by Crippen LogP contribution is -2.36. The second-order valence-electron chi connectivity index (χ2n) is 4.45. The minimum Gasteiger partial charge on any atom is -0.507 e. The van der Waals surface area contributed by atoms with Gasteiger partial charge in [0.2, 0.25) is 0 Å². The van der Waals surface area contributed by atoms with Crippen molar-refractivity contribution in [3.63, 3.8) is 0 Å². The van der Waals surface area contributed by atoms with E-state index in [4.69, 9.17) is 4.74 Å². The van der Waals surface area contributed by atoms with Crippen LogP contribution >= 0.6 is 22.6 Å². The first-order valence-corrected chi connectivity index (χ1v) is 7.05. The van der Waals surface area contributed by atoms with E-state index in [2.05, 4.69) is 22.6 Å². The van der Waals surface area contributed by atoms with Crippen molar-refractivity contribution in [2.24, 2.45) is 0 Å². The summed E-state index contributed by atoms with van der Waals surface area (Å²) in [5, 5.41) is 9.79. The van der Waals surface area contributed by atoms with E-state index < -0.39 is 0 Å². The zero-order chi connectivity index (χ0) is 13.1. The van der Waals surface area contributed by atoms with Crippen LogP contribution in [0.15, 0.2) is 18.2 Å². The zero-order valence-corrected chi connectivity index (χ0v) is 12.4. The molecule has 1 aromatic carbocycles. The van der Waals surface area contributed by atoms with Gasteiger partial charge < -0.3 is 14.7 Å². The Labute approximate surface area is 120 Å². The van der Waals surface area contributed by atoms with E-state index in [1.807, 2.05) is 6.92 Å². The van der Waals surface area contributed by atoms with Crippen molar-refractivity contribution in [3.8, 4) is 5.75 Å². The third-order valence-corrected chi connectivity index (χ3v) is 3.60. The van der Waals surface area contributed by atoms with Crippen LogP contribution in [0.4, 0.5) is 0 Å². The predicted molar refractivity (Wildman–Crippen MR) is 76.8 cm³/mol. The lowest BCUT2D eigenvalue weighted by molar-refractivity contribution is 0.0561. The monoisotopic (exact) mass is 361 g/mol. The zero-order valence-electron chi connectivity index (χ0n) is 10.2. The number of phenolic OH excluding ortho intramolecular Hbond substituents is 1. The van der Waals surface area contributed by atoms with Gasteiger partial charge in [-0.05, 0) is 54.1 Å². The second-order valence-corrected chi connectivity index (χ2v) is 5.69. The number of halogens is 1. The van der Waals surface area contributed by atoms with Crippen molar-refractivity contribution in [1.82, 2.24) is 4.90 Å². The van der Waals surface area contributed by atoms with Gasteiger partial charge in [0.05, 0.1) is 11.7 Å². The van der Waals surface area contributed by atoms with Crippen LogP contribution in [0.3, 0.4) is 0 Å². The topological polar surface area (TPSA) is 49.8 Å². The van der Waals surface area contributed by atoms with Crippen LogP contribution in [0.1, 0.15) is 23.7 Å². The van der Waals surface area contributed by atoms with E-state index in [0.717, 1.165) is 9.99 Å². The average Bonchev–Trinajstić information content (AvgIpc) is 2.56. The fourth-order valence-corrected chi connectivity index (χ4v) is 2.52. The maximum atomic E-state index is 12.4. The Balaban J connectivity index is 2.21. The van der Waals surface area contributed by atoms with E-state index in [1.165, 1.54) is 0 Å². The molecule has 0 saturated carbocycles. The molecule has 1 N–H and O–H groups in total. The molecule has 5 heteroatoms. The fraction of sp³-hybridized carbons (Fsp3) is 0.462. The van der Waals surface area contributed by atoms with Crippen molar-refractivity contribution in [1.29, 1.82) is 0 Å². The molecule has 1 aliphatic rings. The summed E-state index contributed by atoms with van der Waals surface area (Å²) < 4.78 is 6.45. The Kier molecular flexibility index (Phi) is 4.45. The van der Waals surface area contributed by atoms with E-state index in [1.54, 1.807) is 23.1 Å². The van der Waals surface area contributed by atoms with E-state index >= 15 is 0 Å². The summed E-state index contributed by atoms with van der Waals surface area (Å²) in [6.07, 6.45) is 0.877. The van der Waals surface area contributed by atoms with Gasteiger partial charge in [0.1, 0.15) is 5.75 Å². The number of hydrogen-bond donors (Lipinski definition) is 1. The smallest absolute Gasteiger partial charge is 0.257 e. The van der Waals surface area contributed by atoms with E-state index in [9.17, 15) is 9.90 Å². The quantitative estimate of drug-likeness (QED) is 0.781. The molecule has 1 saturated heterocycles. The summed E-state index contributed by atoms with van der Waals surface area (Å²) in [7, 11) is 0. The van der Waals surface area contributed by atoms with E-state index in [-0.39, 0.29) is 17.8 Å². The maximum absolute atomic E-state index is 12.4. The third-order valence-electron chi connectivity index (χ3n) is 2.93. The lowest BCUT2D eigenvalue weighted by atomic mass is 10.1. The highest BCUT2D eigenvalue weighted by atomic mass is 127. The SMILES string of the molecule is CC1CN(C(=O)c2cc(I)ccc2O)CCCO1. The Morgan fingerprint density at radius 1 is 1.56 bits per heavy atom. The fourth-order valence-electron chi connectivity index (χ4n) is 2.03. The highest BCUT2D eigenvalue weighted by Crippen LogP contribution is 2.22. The summed E-state index contributed by atoms with van der Waals surface area (Å²) in [4.78, 5) is 14.1. The first kappa shape index (κ1) is 13.6. The van der Waals surface area contributed by atoms with Gasteiger partial charge in [-0.25, -0.2) is 0 Å². The Morgan fingerprint density at radius 3 is 3.11 bits per heavy atom. The molecule has 4 nitrogen and oxygen atoms in total. The van der Waals surface area contributed by atoms with Crippen LogP contribution in [-0.2, 0) is 4.74 Å². The molecule has 1 unspecified atom stereocenters. The summed E-state index contributed by atoms with van der Waals surface area (Å²) in [5.41, 5.74) is 0.371. The van der Waals surface area contributed by atoms with Gasteiger partial charge in [0.25, 0.3) is 5.91 Å². The molecule has 0 radical (unpaired) electrons. The van der Waals surface area contributed by atoms with Gasteiger partial charge in [0, 0.05) is 23.3 Å². The van der Waals surface area contributed by atoms with Crippen LogP contribution < -0.4 is 0 Å². The van der Waals surface area contributed by atoms with Crippen molar-refractivity contribution >= 4 is 28.5 Å². The first-order chi connectivity index (χ1) is 8.58. The molecular weight excluding hydrogens is 345 g/mol. The molecule has 0 aliphatic carbocycles. The number of amides is 1. The predicted octanol–water partition coefficient (Wildman–Crippen LogP) is 2.25. The standard InChI is InChI=1S/C13H16INO3/c1-9-8-15(5-2-6-18-9)13(17)11-7-10(14)3-4-12(11)16/h3-4,7,9,16H,2,5-6,8H2,1H3. The first-order valence-electron chi connectivity index (χ1n) is 5.97. The molecule has 1 amide bonds. The van der Waals surface area contributed by atoms with Crippen molar-refractivity contribution in [3.05, 3.63) is 27.3 Å². The number of nitrogens with zero attached hydrogens (tertiary/aromatic N) is 1. The van der Waals surface area contributed by atoms with Crippen molar-refractivity contribution < 1.29 is 14.6 Å². The van der Waals surface area contributed by atoms with Gasteiger partial charge in [-0.2, -0.15) is 0 Å². The minimum absolute atomic E-state index is 0.0400. The number of hydrogen-bond acceptors (Lipinski definition) is 3. The number of aromatic hydroxyl groups is 1. The summed E-state index contributed by atoms with van der Waals surface area (Å²) in [6, 6.07) is 5.06. The Bertz CT molecular complexity index is 450. The van der Waals surface area contributed by atoms with E-state index in [0.29, 0.717) is 25.3 Å². The van der Waals surface area contributed by atoms with Crippen molar-refractivity contribution in [2.45, 2.75) is 19.4 Å². The van der Waals surface area contributed by atoms with Gasteiger partial charge in [-0.1, -0.05) is 0 Å². The number of benzene rings is 1. The molecule has 18 heavy (non-hydrogen) atoms. The number of carbonyl (C=O) groups excluding carboxylic acids is 1. The summed E-state index contributed by atoms with van der Waals surface area (Å²) >= 11 is 2.13. The molecule has 0 aromatic heterocycles. The van der Waals surface area contributed by atoms with Gasteiger partial charge in [0.15, 0.2) is 0 Å². The molecule has 1 heterocycles. The number of phenols is 1. The number of carbonyl (C=O) groups is 1. The van der Waals surface area contributed by atoms with Gasteiger partial charge >= 0.3 is 0 Å². The Morgan fingerprint density at radius 2 is 2.33 bits per heavy atom. The molecule has 1 aliphatic heterocycles. The van der Waals surface area contributed by atoms with Crippen LogP contribution in [0.2, 0.25) is 0 Å². The van der Waals surface area contributed by atoms with Gasteiger partial charge in [-0.3, -0.25) is 4.79 Å². The number of ether oxygens (including phenoxy) is 1. The second kappa shape index (κ2) is 5.88. The largest absolute Gasteiger partial charge is 0.507 e. The van der Waals surface area contributed by atoms with Crippen molar-refractivity contribution in [2.75, 3.05) is 19.7 Å². The van der Waals surface area contributed by atoms with Crippen LogP contribution in [0.25, 0.3) is 0 Å². The third kappa shape index (κ3) is 3.14. The lowest BCUT2D eigenvalue weighted by Gasteiger charge is -2.22. The molecule has 0 spiro atoms. The van der Waals surface area contributed by atoms with Crippen LogP contribution in [0, 0.1) is 3.57 Å². The molecule has 98 valence electrons. The summed E-state index contributed by atoms with van der Waals surface area (Å²) in [5.74, 6) is -0.0819. The maximum Gasteiger partial charge on any atom is 0.257 e. The Hall–Kier alpha value is -0.820. The average molecular weight is 361 g/mol. The summed E-state index contributed by atoms with van der Waals surface area (Å²) in [6.45, 7) is 3.89. The molecular formula is C13H16INO3.